The number of benzene rings is 4. The Balaban J connectivity index is 0.933. The second-order valence-electron chi connectivity index (χ2n) is 26.8. The van der Waals surface area contributed by atoms with Gasteiger partial charge in [-0.25, -0.2) is 14.0 Å². The first kappa shape index (κ1) is 73.5. The van der Waals surface area contributed by atoms with Gasteiger partial charge in [0.15, 0.2) is 5.78 Å². The SMILES string of the molecule is CC1=C2[C@@H](C)C(=O)[C@@]3(C)[C@H]([C@H](OC(=O)c4ccccc4)[C@](O)(C[C@@H]1OC(=O)[C@H](OC(=O)CCC(=O)NCCCCC(NC(=O)CC[C@H](CC(=O)C(C)NC(=O)/C=C/c1ccc(F)cc1)C(N)=O)C(N)=O)[C@@H](NC(=O)c1ccccc1)c1ccccc1)C2(C)C)[C@]1(C)CO[C@@H]1C[C@@H]3O. The van der Waals surface area contributed by atoms with Gasteiger partial charge in [-0.3, -0.25) is 43.2 Å². The van der Waals surface area contributed by atoms with Crippen LogP contribution in [0.15, 0.2) is 132 Å². The number of aliphatic hydroxyl groups excluding tert-OH is 1. The summed E-state index contributed by atoms with van der Waals surface area (Å²) in [6, 6.07) is 26.1. The Bertz CT molecular complexity index is 3660. The van der Waals surface area contributed by atoms with Gasteiger partial charge in [0, 0.05) is 78.9 Å². The van der Waals surface area contributed by atoms with Gasteiger partial charge < -0.3 is 61.9 Å². The van der Waals surface area contributed by atoms with Crippen LogP contribution in [0.25, 0.3) is 6.08 Å². The summed E-state index contributed by atoms with van der Waals surface area (Å²) in [5.74, 6) is -11.8. The molecule has 6 amide bonds. The highest BCUT2D eigenvalue weighted by molar-refractivity contribution is 5.98. The van der Waals surface area contributed by atoms with Crippen molar-refractivity contribution in [3.8, 4) is 0 Å². The van der Waals surface area contributed by atoms with Crippen molar-refractivity contribution in [3.05, 3.63) is 161 Å². The summed E-state index contributed by atoms with van der Waals surface area (Å²) in [6.07, 6.45) is -5.83. The largest absolute Gasteiger partial charge is 0.455 e. The number of hydrogen-bond donors (Lipinski definition) is 8. The van der Waals surface area contributed by atoms with Crippen LogP contribution in [0.1, 0.15) is 151 Å². The standard InChI is InChI=1S/C73H87FN6O17/c1-41-52(39-73(93)64(97-68(91)47-23-15-10-16-24-47)62-71(6)40-94-54(71)38-53(82)72(62,7)63(87)42(2)59(41)70(73,4)5)95-69(92)61(60(45-19-11-8-12-20-45)80-67(90)46-21-13-9-14-22-46)96-58(86)35-34-55(83)77-36-18-17-25-50(66(76)89)79-57(85)33-29-48(65(75)88)37-51(81)43(3)78-56(84)32-28-44-26-30-49(74)31-27-44/h8-16,19-24,26-28,30-32,42-43,48,50,52-54,60-62,64,82,93H,17-18,25,29,33-40H2,1-7H3,(H2,75,88)(H2,76,89)(H,77,83)(H,78,84)(H,79,85)(H,80,90)/b32-28+/t42-,43?,48-,50?,52+,53+,54-,60+,61-,62-,64+,71-,72-,73-/m1/s1. The van der Waals surface area contributed by atoms with Crippen molar-refractivity contribution in [3.63, 3.8) is 0 Å². The van der Waals surface area contributed by atoms with Crippen LogP contribution in [-0.4, -0.2) is 136 Å². The number of Topliss-reactive ketones (excluding diaryl/α,β-unsaturated/α-hetero) is 2. The Kier molecular flexibility index (Phi) is 23.7. The third kappa shape index (κ3) is 16.6. The molecule has 2 bridgehead atoms. The van der Waals surface area contributed by atoms with E-state index in [1.54, 1.807) is 126 Å². The maximum atomic E-state index is 15.5. The Morgan fingerprint density at radius 1 is 0.763 bits per heavy atom. The minimum Gasteiger partial charge on any atom is -0.455 e. The number of fused-ring (bicyclic) bond motifs is 5. The number of aliphatic hydroxyl groups is 2. The molecule has 97 heavy (non-hydrogen) atoms. The molecule has 0 aromatic heterocycles. The number of esters is 3. The molecular weight excluding hydrogens is 1250 g/mol. The van der Waals surface area contributed by atoms with Crippen LogP contribution < -0.4 is 32.7 Å². The predicted molar refractivity (Wildman–Crippen MR) is 351 cm³/mol. The van der Waals surface area contributed by atoms with Crippen molar-refractivity contribution in [1.29, 1.82) is 0 Å². The third-order valence-corrected chi connectivity index (χ3v) is 20.1. The van der Waals surface area contributed by atoms with Crippen LogP contribution in [0, 0.1) is 39.8 Å². The van der Waals surface area contributed by atoms with Gasteiger partial charge >= 0.3 is 17.9 Å². The summed E-state index contributed by atoms with van der Waals surface area (Å²) >= 11 is 0. The number of nitrogens with one attached hydrogen (secondary N) is 4. The van der Waals surface area contributed by atoms with E-state index < -0.39 is 179 Å². The summed E-state index contributed by atoms with van der Waals surface area (Å²) in [5, 5.41) is 36.6. The van der Waals surface area contributed by atoms with Crippen molar-refractivity contribution in [2.24, 2.45) is 45.5 Å². The highest BCUT2D eigenvalue weighted by atomic mass is 19.1. The molecule has 1 saturated heterocycles. The zero-order chi connectivity index (χ0) is 70.7. The highest BCUT2D eigenvalue weighted by Crippen LogP contribution is 2.66. The molecule has 14 atom stereocenters. The van der Waals surface area contributed by atoms with E-state index in [2.05, 4.69) is 21.3 Å². The van der Waals surface area contributed by atoms with Crippen LogP contribution in [-0.2, 0) is 62.1 Å². The number of unbranched alkanes of at least 4 members (excludes halogenated alkanes) is 1. The normalized spacial score (nSPS) is 25.4. The minimum atomic E-state index is -2.17. The number of halogens is 1. The molecule has 0 spiro atoms. The molecule has 23 nitrogen and oxygen atoms in total. The lowest BCUT2D eigenvalue weighted by Gasteiger charge is -2.68. The number of ketones is 2. The Morgan fingerprint density at radius 2 is 1.39 bits per heavy atom. The number of carbonyl (C=O) groups excluding carboxylic acids is 11. The van der Waals surface area contributed by atoms with Crippen LogP contribution in [0.4, 0.5) is 4.39 Å². The lowest BCUT2D eigenvalue weighted by molar-refractivity contribution is -0.312. The lowest BCUT2D eigenvalue weighted by atomic mass is 9.41. The maximum absolute atomic E-state index is 15.5. The fourth-order valence-corrected chi connectivity index (χ4v) is 14.5. The molecule has 518 valence electrons. The molecule has 8 rings (SSSR count). The molecule has 2 unspecified atom stereocenters. The molecule has 10 N–H and O–H groups in total. The van der Waals surface area contributed by atoms with Crippen molar-refractivity contribution >= 4 is 71.0 Å². The van der Waals surface area contributed by atoms with Crippen molar-refractivity contribution < 1.29 is 86.3 Å². The van der Waals surface area contributed by atoms with Crippen LogP contribution >= 0.6 is 0 Å². The monoisotopic (exact) mass is 1340 g/mol. The Morgan fingerprint density at radius 3 is 2.00 bits per heavy atom. The van der Waals surface area contributed by atoms with Gasteiger partial charge in [-0.1, -0.05) is 107 Å². The summed E-state index contributed by atoms with van der Waals surface area (Å²) in [5.41, 5.74) is 7.04. The number of amides is 6. The maximum Gasteiger partial charge on any atom is 0.350 e. The van der Waals surface area contributed by atoms with Crippen molar-refractivity contribution in [2.45, 2.75) is 167 Å². The van der Waals surface area contributed by atoms with E-state index in [0.29, 0.717) is 22.3 Å². The van der Waals surface area contributed by atoms with E-state index >= 15 is 9.59 Å². The molecule has 3 fully saturated rings. The zero-order valence-electron chi connectivity index (χ0n) is 55.5. The molecular formula is C73H87FN6O17. The molecule has 0 radical (unpaired) electrons. The molecule has 1 aliphatic heterocycles. The average Bonchev–Trinajstić information content (AvgIpc) is 0.674. The lowest BCUT2D eigenvalue weighted by Crippen LogP contribution is -2.77. The Hall–Kier alpha value is -9.26. The van der Waals surface area contributed by atoms with E-state index in [1.807, 2.05) is 6.92 Å². The summed E-state index contributed by atoms with van der Waals surface area (Å²) in [6.45, 7) is 11.9. The van der Waals surface area contributed by atoms with Crippen LogP contribution in [0.2, 0.25) is 0 Å². The van der Waals surface area contributed by atoms with E-state index in [-0.39, 0.29) is 68.6 Å². The quantitative estimate of drug-likeness (QED) is 0.0103. The molecule has 2 saturated carbocycles. The molecule has 1 heterocycles. The third-order valence-electron chi connectivity index (χ3n) is 20.1. The van der Waals surface area contributed by atoms with Crippen molar-refractivity contribution in [1.82, 2.24) is 21.3 Å². The van der Waals surface area contributed by atoms with Crippen LogP contribution in [0.3, 0.4) is 0 Å². The highest BCUT2D eigenvalue weighted by Gasteiger charge is 2.75. The van der Waals surface area contributed by atoms with Gasteiger partial charge in [0.05, 0.1) is 42.3 Å². The first-order valence-corrected chi connectivity index (χ1v) is 32.7. The van der Waals surface area contributed by atoms with Gasteiger partial charge in [0.2, 0.25) is 35.6 Å². The Labute approximate surface area is 562 Å². The number of rotatable bonds is 29. The smallest absolute Gasteiger partial charge is 0.350 e. The summed E-state index contributed by atoms with van der Waals surface area (Å²) < 4.78 is 38.4. The molecule has 3 aliphatic carbocycles. The van der Waals surface area contributed by atoms with Gasteiger partial charge in [-0.2, -0.15) is 0 Å². The fraction of sp³-hybridized carbons (Fsp3) is 0.466. The number of nitrogens with two attached hydrogens (primary N) is 2. The van der Waals surface area contributed by atoms with E-state index in [4.69, 9.17) is 30.4 Å². The minimum absolute atomic E-state index is 0.0437. The molecule has 4 aromatic rings. The number of ether oxygens (including phenoxy) is 4. The summed E-state index contributed by atoms with van der Waals surface area (Å²) in [4.78, 5) is 150. The number of carbonyl (C=O) groups is 11. The molecule has 4 aliphatic rings. The van der Waals surface area contributed by atoms with Gasteiger partial charge in [0.25, 0.3) is 5.91 Å². The van der Waals surface area contributed by atoms with Gasteiger partial charge in [0.1, 0.15) is 41.5 Å². The predicted octanol–water partition coefficient (Wildman–Crippen LogP) is 5.93. The molecule has 4 aromatic carbocycles. The summed E-state index contributed by atoms with van der Waals surface area (Å²) in [7, 11) is 0. The van der Waals surface area contributed by atoms with E-state index in [9.17, 15) is 57.8 Å². The second kappa shape index (κ2) is 31.3. The van der Waals surface area contributed by atoms with Crippen molar-refractivity contribution in [2.75, 3.05) is 13.2 Å². The van der Waals surface area contributed by atoms with Gasteiger partial charge in [-0.15, -0.1) is 0 Å². The zero-order valence-corrected chi connectivity index (χ0v) is 55.5. The fourth-order valence-electron chi connectivity index (χ4n) is 14.5. The van der Waals surface area contributed by atoms with Gasteiger partial charge in [-0.05, 0) is 111 Å². The number of primary amides is 2. The first-order chi connectivity index (χ1) is 45.9. The average molecular weight is 1340 g/mol. The topological polar surface area (TPSA) is 365 Å². The first-order valence-electron chi connectivity index (χ1n) is 32.7. The molecule has 24 heteroatoms. The van der Waals surface area contributed by atoms with E-state index in [1.165, 1.54) is 37.3 Å². The van der Waals surface area contributed by atoms with Crippen LogP contribution in [0.5, 0.6) is 0 Å². The van der Waals surface area contributed by atoms with E-state index in [0.717, 1.165) is 6.08 Å². The number of hydrogen-bond acceptors (Lipinski definition) is 17. The second-order valence-corrected chi connectivity index (χ2v) is 26.8.